The lowest BCUT2D eigenvalue weighted by molar-refractivity contribution is -0.0696. The molecule has 78 valence electrons. The number of nitrogens with one attached hydrogen (secondary N) is 1. The molecule has 1 rings (SSSR count). The Morgan fingerprint density at radius 2 is 2.15 bits per heavy atom. The summed E-state index contributed by atoms with van der Waals surface area (Å²) in [6.07, 6.45) is 5.06. The van der Waals surface area contributed by atoms with Crippen molar-refractivity contribution in [3.05, 3.63) is 0 Å². The van der Waals surface area contributed by atoms with Crippen LogP contribution < -0.4 is 5.32 Å². The Kier molecular flexibility index (Phi) is 4.20. The molecule has 0 saturated heterocycles. The quantitative estimate of drug-likeness (QED) is 0.685. The monoisotopic (exact) mass is 185 g/mol. The zero-order valence-electron chi connectivity index (χ0n) is 9.23. The van der Waals surface area contributed by atoms with Gasteiger partial charge in [0, 0.05) is 13.7 Å². The molecule has 0 radical (unpaired) electrons. The molecule has 0 heterocycles. The molecular formula is C11H23NO. The standard InChI is InChI=1S/C11H23NO/c1-4-10(2)8-12-9-11(13-3)6-5-7-11/h10,12H,4-9H2,1-3H3. The zero-order chi connectivity index (χ0) is 9.73. The molecule has 0 amide bonds. The smallest absolute Gasteiger partial charge is 0.0802 e. The fraction of sp³-hybridized carbons (Fsp3) is 1.00. The Balaban J connectivity index is 2.10. The van der Waals surface area contributed by atoms with Gasteiger partial charge in [0.05, 0.1) is 5.60 Å². The first-order valence-corrected chi connectivity index (χ1v) is 5.48. The first kappa shape index (κ1) is 11.0. The maximum Gasteiger partial charge on any atom is 0.0802 e. The minimum Gasteiger partial charge on any atom is -0.377 e. The second-order valence-corrected chi connectivity index (χ2v) is 4.39. The summed E-state index contributed by atoms with van der Waals surface area (Å²) < 4.78 is 5.53. The molecule has 2 nitrogen and oxygen atoms in total. The third-order valence-corrected chi connectivity index (χ3v) is 3.33. The van der Waals surface area contributed by atoms with Crippen LogP contribution in [0.25, 0.3) is 0 Å². The highest BCUT2D eigenvalue weighted by molar-refractivity contribution is 4.91. The first-order chi connectivity index (χ1) is 6.22. The van der Waals surface area contributed by atoms with Crippen LogP contribution in [0, 0.1) is 5.92 Å². The van der Waals surface area contributed by atoms with E-state index in [1.807, 2.05) is 7.11 Å². The molecule has 0 aromatic rings. The SMILES string of the molecule is CCC(C)CNCC1(OC)CCC1. The Morgan fingerprint density at radius 1 is 1.46 bits per heavy atom. The van der Waals surface area contributed by atoms with Crippen LogP contribution in [0.4, 0.5) is 0 Å². The van der Waals surface area contributed by atoms with E-state index in [0.29, 0.717) is 0 Å². The van der Waals surface area contributed by atoms with Crippen molar-refractivity contribution in [2.45, 2.75) is 45.1 Å². The average molecular weight is 185 g/mol. The van der Waals surface area contributed by atoms with Crippen molar-refractivity contribution in [1.82, 2.24) is 5.32 Å². The third-order valence-electron chi connectivity index (χ3n) is 3.33. The van der Waals surface area contributed by atoms with E-state index >= 15 is 0 Å². The van der Waals surface area contributed by atoms with E-state index in [1.54, 1.807) is 0 Å². The molecule has 0 bridgehead atoms. The van der Waals surface area contributed by atoms with Crippen molar-refractivity contribution in [2.24, 2.45) is 5.92 Å². The molecule has 0 aromatic heterocycles. The largest absolute Gasteiger partial charge is 0.377 e. The summed E-state index contributed by atoms with van der Waals surface area (Å²) in [7, 11) is 1.84. The van der Waals surface area contributed by atoms with Gasteiger partial charge in [-0.1, -0.05) is 20.3 Å². The van der Waals surface area contributed by atoms with Gasteiger partial charge in [0.2, 0.25) is 0 Å². The van der Waals surface area contributed by atoms with Crippen LogP contribution in [0.5, 0.6) is 0 Å². The predicted molar refractivity (Wildman–Crippen MR) is 55.9 cm³/mol. The highest BCUT2D eigenvalue weighted by atomic mass is 16.5. The van der Waals surface area contributed by atoms with Crippen LogP contribution in [0.15, 0.2) is 0 Å². The van der Waals surface area contributed by atoms with Crippen molar-refractivity contribution in [3.63, 3.8) is 0 Å². The molecule has 2 heteroatoms. The summed E-state index contributed by atoms with van der Waals surface area (Å²) in [5.74, 6) is 0.786. The summed E-state index contributed by atoms with van der Waals surface area (Å²) in [5.41, 5.74) is 0.188. The molecule has 1 N–H and O–H groups in total. The van der Waals surface area contributed by atoms with Gasteiger partial charge in [-0.2, -0.15) is 0 Å². The van der Waals surface area contributed by atoms with Gasteiger partial charge in [-0.15, -0.1) is 0 Å². The molecule has 1 saturated carbocycles. The second-order valence-electron chi connectivity index (χ2n) is 4.39. The second kappa shape index (κ2) is 4.97. The van der Waals surface area contributed by atoms with Crippen LogP contribution in [-0.2, 0) is 4.74 Å². The van der Waals surface area contributed by atoms with E-state index in [9.17, 15) is 0 Å². The molecule has 1 fully saturated rings. The molecule has 1 atom stereocenters. The van der Waals surface area contributed by atoms with Crippen molar-refractivity contribution >= 4 is 0 Å². The molecule has 13 heavy (non-hydrogen) atoms. The lowest BCUT2D eigenvalue weighted by Crippen LogP contribution is -2.48. The lowest BCUT2D eigenvalue weighted by atomic mass is 9.80. The van der Waals surface area contributed by atoms with Gasteiger partial charge >= 0.3 is 0 Å². The molecule has 0 spiro atoms. The van der Waals surface area contributed by atoms with Crippen LogP contribution in [0.1, 0.15) is 39.5 Å². The fourth-order valence-corrected chi connectivity index (χ4v) is 1.71. The number of hydrogen-bond acceptors (Lipinski definition) is 2. The molecule has 1 aliphatic carbocycles. The van der Waals surface area contributed by atoms with Crippen molar-refractivity contribution in [2.75, 3.05) is 20.2 Å². The third kappa shape index (κ3) is 2.96. The summed E-state index contributed by atoms with van der Waals surface area (Å²) in [6.45, 7) is 6.69. The predicted octanol–water partition coefficient (Wildman–Crippen LogP) is 2.19. The maximum atomic E-state index is 5.53. The zero-order valence-corrected chi connectivity index (χ0v) is 9.23. The van der Waals surface area contributed by atoms with Crippen molar-refractivity contribution in [1.29, 1.82) is 0 Å². The minimum absolute atomic E-state index is 0.188. The van der Waals surface area contributed by atoms with Gasteiger partial charge < -0.3 is 10.1 Å². The van der Waals surface area contributed by atoms with E-state index < -0.39 is 0 Å². The fourth-order valence-electron chi connectivity index (χ4n) is 1.71. The number of hydrogen-bond donors (Lipinski definition) is 1. The molecule has 1 unspecified atom stereocenters. The summed E-state index contributed by atoms with van der Waals surface area (Å²) in [6, 6.07) is 0. The highest BCUT2D eigenvalue weighted by Gasteiger charge is 2.36. The van der Waals surface area contributed by atoms with Crippen molar-refractivity contribution in [3.8, 4) is 0 Å². The van der Waals surface area contributed by atoms with Gasteiger partial charge in [0.1, 0.15) is 0 Å². The van der Waals surface area contributed by atoms with E-state index in [2.05, 4.69) is 19.2 Å². The van der Waals surface area contributed by atoms with Gasteiger partial charge in [0.15, 0.2) is 0 Å². The molecule has 1 aliphatic rings. The summed E-state index contributed by atoms with van der Waals surface area (Å²) in [4.78, 5) is 0. The van der Waals surface area contributed by atoms with E-state index in [4.69, 9.17) is 4.74 Å². The Bertz CT molecular complexity index is 138. The summed E-state index contributed by atoms with van der Waals surface area (Å²) >= 11 is 0. The summed E-state index contributed by atoms with van der Waals surface area (Å²) in [5, 5.41) is 3.50. The molecule has 0 aliphatic heterocycles. The van der Waals surface area contributed by atoms with E-state index in [1.165, 1.54) is 25.7 Å². The van der Waals surface area contributed by atoms with Crippen LogP contribution in [0.3, 0.4) is 0 Å². The molecular weight excluding hydrogens is 162 g/mol. The van der Waals surface area contributed by atoms with Crippen LogP contribution >= 0.6 is 0 Å². The van der Waals surface area contributed by atoms with E-state index in [0.717, 1.165) is 19.0 Å². The van der Waals surface area contributed by atoms with Gasteiger partial charge in [-0.25, -0.2) is 0 Å². The minimum atomic E-state index is 0.188. The average Bonchev–Trinajstić information content (AvgIpc) is 2.09. The maximum absolute atomic E-state index is 5.53. The normalized spacial score (nSPS) is 22.4. The Morgan fingerprint density at radius 3 is 2.54 bits per heavy atom. The van der Waals surface area contributed by atoms with Crippen LogP contribution in [-0.4, -0.2) is 25.8 Å². The number of rotatable bonds is 6. The molecule has 0 aromatic carbocycles. The Labute approximate surface area is 82.0 Å². The van der Waals surface area contributed by atoms with E-state index in [-0.39, 0.29) is 5.60 Å². The topological polar surface area (TPSA) is 21.3 Å². The number of methoxy groups -OCH3 is 1. The van der Waals surface area contributed by atoms with Gasteiger partial charge in [-0.05, 0) is 31.7 Å². The number of ether oxygens (including phenoxy) is 1. The Hall–Kier alpha value is -0.0800. The lowest BCUT2D eigenvalue weighted by Gasteiger charge is -2.40. The first-order valence-electron chi connectivity index (χ1n) is 5.48. The van der Waals surface area contributed by atoms with Crippen molar-refractivity contribution < 1.29 is 4.74 Å². The van der Waals surface area contributed by atoms with Gasteiger partial charge in [-0.3, -0.25) is 0 Å². The highest BCUT2D eigenvalue weighted by Crippen LogP contribution is 2.34. The van der Waals surface area contributed by atoms with Gasteiger partial charge in [0.25, 0.3) is 0 Å². The van der Waals surface area contributed by atoms with Crippen LogP contribution in [0.2, 0.25) is 0 Å².